The number of nitrogens with zero attached hydrogens (tertiary/aromatic N) is 4. The summed E-state index contributed by atoms with van der Waals surface area (Å²) < 4.78 is 12.3. The van der Waals surface area contributed by atoms with Gasteiger partial charge in [-0.15, -0.1) is 5.10 Å². The van der Waals surface area contributed by atoms with E-state index in [0.717, 1.165) is 5.69 Å². The highest BCUT2D eigenvalue weighted by atomic mass is 16.5. The first-order valence-corrected chi connectivity index (χ1v) is 8.37. The summed E-state index contributed by atoms with van der Waals surface area (Å²) in [5, 5.41) is 11.3. The molecule has 1 saturated heterocycles. The van der Waals surface area contributed by atoms with Gasteiger partial charge in [0.15, 0.2) is 0 Å². The summed E-state index contributed by atoms with van der Waals surface area (Å²) in [5.74, 6) is 1.86. The number of methoxy groups -OCH3 is 2. The maximum Gasteiger partial charge on any atom is 0.321 e. The number of amides is 2. The standard InChI is InChI=1S/C17H21N5O3/c1-24-14-5-12(6-15(7-14)25-2)18-17(23)21-8-13(9-21)22-10-16(19-20-22)11-3-4-11/h5-7,10-11,13H,3-4,8-9H2,1-2H3,(H,18,23). The van der Waals surface area contributed by atoms with Crippen molar-refractivity contribution in [2.45, 2.75) is 24.8 Å². The van der Waals surface area contributed by atoms with Gasteiger partial charge in [-0.1, -0.05) is 5.21 Å². The van der Waals surface area contributed by atoms with Crippen LogP contribution in [0.2, 0.25) is 0 Å². The van der Waals surface area contributed by atoms with Crippen LogP contribution in [-0.4, -0.2) is 53.2 Å². The van der Waals surface area contributed by atoms with Gasteiger partial charge >= 0.3 is 6.03 Å². The zero-order chi connectivity index (χ0) is 17.4. The van der Waals surface area contributed by atoms with Gasteiger partial charge in [0.25, 0.3) is 0 Å². The SMILES string of the molecule is COc1cc(NC(=O)N2CC(n3cc(C4CC4)nn3)C2)cc(OC)c1. The molecule has 1 aliphatic heterocycles. The van der Waals surface area contributed by atoms with E-state index in [9.17, 15) is 4.79 Å². The lowest BCUT2D eigenvalue weighted by Crippen LogP contribution is -2.52. The minimum atomic E-state index is -0.144. The van der Waals surface area contributed by atoms with Crippen molar-refractivity contribution in [2.24, 2.45) is 0 Å². The van der Waals surface area contributed by atoms with Crippen LogP contribution >= 0.6 is 0 Å². The molecule has 2 amide bonds. The minimum Gasteiger partial charge on any atom is -0.497 e. The monoisotopic (exact) mass is 343 g/mol. The number of aromatic nitrogens is 3. The molecular formula is C17H21N5O3. The number of hydrogen-bond acceptors (Lipinski definition) is 5. The second-order valence-corrected chi connectivity index (χ2v) is 6.49. The lowest BCUT2D eigenvalue weighted by Gasteiger charge is -2.38. The smallest absolute Gasteiger partial charge is 0.321 e. The van der Waals surface area contributed by atoms with E-state index in [-0.39, 0.29) is 12.1 Å². The van der Waals surface area contributed by atoms with Crippen LogP contribution in [0.4, 0.5) is 10.5 Å². The molecule has 0 atom stereocenters. The summed E-state index contributed by atoms with van der Waals surface area (Å²) >= 11 is 0. The number of carbonyl (C=O) groups is 1. The van der Waals surface area contributed by atoms with Gasteiger partial charge < -0.3 is 19.7 Å². The van der Waals surface area contributed by atoms with Crippen LogP contribution in [0.1, 0.15) is 30.5 Å². The number of ether oxygens (including phenoxy) is 2. The molecule has 2 aliphatic rings. The first-order chi connectivity index (χ1) is 12.2. The predicted octanol–water partition coefficient (Wildman–Crippen LogP) is 2.26. The predicted molar refractivity (Wildman–Crippen MR) is 91.2 cm³/mol. The maximum absolute atomic E-state index is 12.4. The van der Waals surface area contributed by atoms with E-state index in [4.69, 9.17) is 9.47 Å². The molecule has 0 spiro atoms. The third kappa shape index (κ3) is 3.24. The Balaban J connectivity index is 1.35. The van der Waals surface area contributed by atoms with Crippen LogP contribution in [0.15, 0.2) is 24.4 Å². The average molecular weight is 343 g/mol. The van der Waals surface area contributed by atoms with Crippen LogP contribution in [0.5, 0.6) is 11.5 Å². The Morgan fingerprint density at radius 2 is 1.84 bits per heavy atom. The van der Waals surface area contributed by atoms with Crippen LogP contribution in [0.3, 0.4) is 0 Å². The first kappa shape index (κ1) is 15.7. The molecule has 0 bridgehead atoms. The Morgan fingerprint density at radius 1 is 1.16 bits per heavy atom. The van der Waals surface area contributed by atoms with Crippen LogP contribution < -0.4 is 14.8 Å². The molecule has 4 rings (SSSR count). The zero-order valence-electron chi connectivity index (χ0n) is 14.3. The van der Waals surface area contributed by atoms with Gasteiger partial charge in [0.1, 0.15) is 11.5 Å². The molecule has 25 heavy (non-hydrogen) atoms. The molecule has 1 N–H and O–H groups in total. The Kier molecular flexibility index (Phi) is 3.95. The van der Waals surface area contributed by atoms with E-state index >= 15 is 0 Å². The first-order valence-electron chi connectivity index (χ1n) is 8.37. The van der Waals surface area contributed by atoms with Crippen LogP contribution in [-0.2, 0) is 0 Å². The van der Waals surface area contributed by atoms with Gasteiger partial charge in [0, 0.05) is 49.1 Å². The lowest BCUT2D eigenvalue weighted by molar-refractivity contribution is 0.127. The fourth-order valence-corrected chi connectivity index (χ4v) is 2.91. The molecule has 8 heteroatoms. The highest BCUT2D eigenvalue weighted by Gasteiger charge is 2.34. The minimum absolute atomic E-state index is 0.144. The maximum atomic E-state index is 12.4. The lowest BCUT2D eigenvalue weighted by atomic mass is 10.1. The molecule has 2 aromatic rings. The topological polar surface area (TPSA) is 81.5 Å². The number of carbonyl (C=O) groups excluding carboxylic acids is 1. The fraction of sp³-hybridized carbons (Fsp3) is 0.471. The molecule has 0 unspecified atom stereocenters. The second kappa shape index (κ2) is 6.27. The van der Waals surface area contributed by atoms with E-state index < -0.39 is 0 Å². The van der Waals surface area contributed by atoms with Crippen molar-refractivity contribution in [3.05, 3.63) is 30.1 Å². The average Bonchev–Trinajstić information content (AvgIpc) is 3.32. The highest BCUT2D eigenvalue weighted by Crippen LogP contribution is 2.39. The largest absolute Gasteiger partial charge is 0.497 e. The number of urea groups is 1. The van der Waals surface area contributed by atoms with Crippen molar-refractivity contribution in [3.63, 3.8) is 0 Å². The summed E-state index contributed by atoms with van der Waals surface area (Å²) in [6, 6.07) is 5.34. The van der Waals surface area contributed by atoms with Crippen molar-refractivity contribution in [3.8, 4) is 11.5 Å². The Labute approximate surface area is 145 Å². The number of benzene rings is 1. The number of nitrogens with one attached hydrogen (secondary N) is 1. The highest BCUT2D eigenvalue weighted by molar-refractivity contribution is 5.90. The molecule has 8 nitrogen and oxygen atoms in total. The van der Waals surface area contributed by atoms with Gasteiger partial charge in [-0.25, -0.2) is 9.48 Å². The summed E-state index contributed by atoms with van der Waals surface area (Å²) in [7, 11) is 3.16. The second-order valence-electron chi connectivity index (χ2n) is 6.49. The van der Waals surface area contributed by atoms with Crippen molar-refractivity contribution in [1.82, 2.24) is 19.9 Å². The van der Waals surface area contributed by atoms with Crippen molar-refractivity contribution in [2.75, 3.05) is 32.6 Å². The Hall–Kier alpha value is -2.77. The number of anilines is 1. The van der Waals surface area contributed by atoms with E-state index in [0.29, 0.717) is 36.2 Å². The fourth-order valence-electron chi connectivity index (χ4n) is 2.91. The number of likely N-dealkylation sites (tertiary alicyclic amines) is 1. The molecule has 132 valence electrons. The van der Waals surface area contributed by atoms with Gasteiger partial charge in [-0.3, -0.25) is 0 Å². The quantitative estimate of drug-likeness (QED) is 0.900. The van der Waals surface area contributed by atoms with Crippen molar-refractivity contribution < 1.29 is 14.3 Å². The molecule has 1 aromatic heterocycles. The summed E-state index contributed by atoms with van der Waals surface area (Å²) in [6.07, 6.45) is 4.44. The molecule has 0 radical (unpaired) electrons. The molecule has 2 heterocycles. The molecule has 1 saturated carbocycles. The Bertz CT molecular complexity index is 758. The van der Waals surface area contributed by atoms with Gasteiger partial charge in [0.2, 0.25) is 0 Å². The normalized spacial score (nSPS) is 17.1. The third-order valence-electron chi connectivity index (χ3n) is 4.65. The molecule has 1 aromatic carbocycles. The van der Waals surface area contributed by atoms with E-state index in [1.165, 1.54) is 12.8 Å². The molecule has 2 fully saturated rings. The summed E-state index contributed by atoms with van der Waals surface area (Å²) in [4.78, 5) is 14.1. The summed E-state index contributed by atoms with van der Waals surface area (Å²) in [6.45, 7) is 1.25. The van der Waals surface area contributed by atoms with Gasteiger partial charge in [-0.05, 0) is 12.8 Å². The third-order valence-corrected chi connectivity index (χ3v) is 4.65. The van der Waals surface area contributed by atoms with Crippen molar-refractivity contribution >= 4 is 11.7 Å². The van der Waals surface area contributed by atoms with Gasteiger partial charge in [0.05, 0.1) is 26.0 Å². The van der Waals surface area contributed by atoms with Gasteiger partial charge in [-0.2, -0.15) is 0 Å². The molecular weight excluding hydrogens is 322 g/mol. The zero-order valence-corrected chi connectivity index (χ0v) is 14.3. The Morgan fingerprint density at radius 3 is 2.44 bits per heavy atom. The number of rotatable bonds is 5. The van der Waals surface area contributed by atoms with E-state index in [1.54, 1.807) is 37.3 Å². The van der Waals surface area contributed by atoms with Crippen LogP contribution in [0, 0.1) is 0 Å². The summed E-state index contributed by atoms with van der Waals surface area (Å²) in [5.41, 5.74) is 1.72. The number of hydrogen-bond donors (Lipinski definition) is 1. The van der Waals surface area contributed by atoms with E-state index in [1.807, 2.05) is 10.9 Å². The van der Waals surface area contributed by atoms with E-state index in [2.05, 4.69) is 15.6 Å². The molecule has 1 aliphatic carbocycles. The van der Waals surface area contributed by atoms with Crippen LogP contribution in [0.25, 0.3) is 0 Å². The van der Waals surface area contributed by atoms with Crippen molar-refractivity contribution in [1.29, 1.82) is 0 Å².